The first-order valence-corrected chi connectivity index (χ1v) is 11.6. The van der Waals surface area contributed by atoms with Gasteiger partial charge in [0.2, 0.25) is 0 Å². The zero-order chi connectivity index (χ0) is 22.8. The predicted molar refractivity (Wildman–Crippen MR) is 127 cm³/mol. The molecule has 8 heteroatoms. The second-order valence-corrected chi connectivity index (χ2v) is 8.59. The Bertz CT molecular complexity index is 1030. The lowest BCUT2D eigenvalue weighted by atomic mass is 10.1. The molecule has 0 aliphatic carbocycles. The largest absolute Gasteiger partial charge is 0.494 e. The molecule has 0 aliphatic rings. The smallest absolute Gasteiger partial charge is 0.269 e. The van der Waals surface area contributed by atoms with Gasteiger partial charge in [-0.3, -0.25) is 20.2 Å². The summed E-state index contributed by atoms with van der Waals surface area (Å²) in [6.45, 7) is 2.88. The van der Waals surface area contributed by atoms with Crippen LogP contribution in [-0.4, -0.2) is 22.4 Å². The quantitative estimate of drug-likeness (QED) is 0.199. The van der Waals surface area contributed by atoms with Crippen molar-refractivity contribution in [3.63, 3.8) is 0 Å². The van der Waals surface area contributed by atoms with E-state index < -0.39 is 4.92 Å². The Balaban J connectivity index is 1.49. The van der Waals surface area contributed by atoms with Gasteiger partial charge in [-0.05, 0) is 36.2 Å². The summed E-state index contributed by atoms with van der Waals surface area (Å²) in [5.74, 6) is 0.512. The number of nitrogens with one attached hydrogen (secondary N) is 1. The molecule has 3 rings (SSSR count). The van der Waals surface area contributed by atoms with Crippen molar-refractivity contribution in [2.45, 2.75) is 45.4 Å². The molecule has 0 spiro atoms. The van der Waals surface area contributed by atoms with Crippen LogP contribution in [0.4, 0.5) is 10.8 Å². The molecule has 0 bridgehead atoms. The monoisotopic (exact) mass is 453 g/mol. The van der Waals surface area contributed by atoms with Crippen LogP contribution in [0.3, 0.4) is 0 Å². The second-order valence-electron chi connectivity index (χ2n) is 7.48. The molecule has 0 fully saturated rings. The van der Waals surface area contributed by atoms with E-state index in [4.69, 9.17) is 4.74 Å². The minimum absolute atomic E-state index is 0.0597. The number of hydrogen-bond acceptors (Lipinski definition) is 6. The van der Waals surface area contributed by atoms with Crippen molar-refractivity contribution in [3.8, 4) is 5.75 Å². The minimum Gasteiger partial charge on any atom is -0.494 e. The number of aromatic nitrogens is 1. The number of ether oxygens (including phenoxy) is 1. The molecule has 1 heterocycles. The molecule has 168 valence electrons. The van der Waals surface area contributed by atoms with E-state index in [2.05, 4.69) is 17.2 Å². The molecule has 1 amide bonds. The van der Waals surface area contributed by atoms with Gasteiger partial charge in [0.05, 0.1) is 11.5 Å². The normalized spacial score (nSPS) is 10.7. The van der Waals surface area contributed by atoms with Gasteiger partial charge in [0.1, 0.15) is 5.75 Å². The van der Waals surface area contributed by atoms with Crippen molar-refractivity contribution in [1.29, 1.82) is 0 Å². The summed E-state index contributed by atoms with van der Waals surface area (Å²) in [5, 5.41) is 14.2. The lowest BCUT2D eigenvalue weighted by Gasteiger charge is -2.07. The van der Waals surface area contributed by atoms with E-state index in [9.17, 15) is 14.9 Å². The highest BCUT2D eigenvalue weighted by atomic mass is 32.1. The van der Waals surface area contributed by atoms with Gasteiger partial charge in [0, 0.05) is 35.2 Å². The topological polar surface area (TPSA) is 94.4 Å². The molecule has 1 N–H and O–H groups in total. The van der Waals surface area contributed by atoms with Gasteiger partial charge in [0.25, 0.3) is 11.6 Å². The summed E-state index contributed by atoms with van der Waals surface area (Å²) < 4.78 is 5.74. The molecule has 0 aliphatic heterocycles. The fourth-order valence-corrected chi connectivity index (χ4v) is 4.04. The van der Waals surface area contributed by atoms with Crippen molar-refractivity contribution in [1.82, 2.24) is 4.98 Å². The highest BCUT2D eigenvalue weighted by Gasteiger charge is 2.11. The van der Waals surface area contributed by atoms with Crippen LogP contribution in [0.25, 0.3) is 0 Å². The molecule has 0 unspecified atom stereocenters. The third kappa shape index (κ3) is 7.16. The van der Waals surface area contributed by atoms with Gasteiger partial charge in [-0.1, -0.05) is 44.7 Å². The molecule has 0 saturated carbocycles. The molecule has 32 heavy (non-hydrogen) atoms. The van der Waals surface area contributed by atoms with Crippen LogP contribution in [-0.2, 0) is 6.42 Å². The van der Waals surface area contributed by atoms with Crippen molar-refractivity contribution in [3.05, 3.63) is 80.8 Å². The number of non-ortho nitro benzene ring substituents is 1. The summed E-state index contributed by atoms with van der Waals surface area (Å²) in [4.78, 5) is 28.2. The SMILES string of the molecule is CCCCCCCOc1ccc(C(=O)Nc2ncc(Cc3cccc([N+](=O)[O-])c3)s2)cc1. The number of nitro groups is 1. The maximum absolute atomic E-state index is 12.5. The highest BCUT2D eigenvalue weighted by Crippen LogP contribution is 2.24. The number of anilines is 1. The lowest BCUT2D eigenvalue weighted by molar-refractivity contribution is -0.384. The second kappa shape index (κ2) is 12.0. The molecular formula is C24H27N3O4S. The van der Waals surface area contributed by atoms with Gasteiger partial charge in [0.15, 0.2) is 5.13 Å². The van der Waals surface area contributed by atoms with Crippen molar-refractivity contribution in [2.75, 3.05) is 11.9 Å². The Hall–Kier alpha value is -3.26. The summed E-state index contributed by atoms with van der Waals surface area (Å²) in [7, 11) is 0. The van der Waals surface area contributed by atoms with Crippen molar-refractivity contribution >= 4 is 28.1 Å². The van der Waals surface area contributed by atoms with Crippen LogP contribution in [0.5, 0.6) is 5.75 Å². The van der Waals surface area contributed by atoms with Gasteiger partial charge >= 0.3 is 0 Å². The van der Waals surface area contributed by atoms with Gasteiger partial charge in [-0.2, -0.15) is 0 Å². The summed E-state index contributed by atoms with van der Waals surface area (Å²) in [6.07, 6.45) is 8.12. The van der Waals surface area contributed by atoms with Crippen LogP contribution in [0.2, 0.25) is 0 Å². The number of nitro benzene ring substituents is 1. The summed E-state index contributed by atoms with van der Waals surface area (Å²) >= 11 is 1.35. The average Bonchev–Trinajstić information content (AvgIpc) is 3.23. The number of amides is 1. The first-order valence-electron chi connectivity index (χ1n) is 10.8. The van der Waals surface area contributed by atoms with Crippen LogP contribution >= 0.6 is 11.3 Å². The van der Waals surface area contributed by atoms with Crippen LogP contribution in [0.1, 0.15) is 59.8 Å². The number of nitrogens with zero attached hydrogens (tertiary/aromatic N) is 2. The fourth-order valence-electron chi connectivity index (χ4n) is 3.20. The van der Waals surface area contributed by atoms with Gasteiger partial charge in [-0.15, -0.1) is 11.3 Å². The fraction of sp³-hybridized carbons (Fsp3) is 0.333. The van der Waals surface area contributed by atoms with Crippen molar-refractivity contribution in [2.24, 2.45) is 0 Å². The standard InChI is InChI=1S/C24H27N3O4S/c1-2-3-4-5-6-14-31-21-12-10-19(11-13-21)23(28)26-24-25-17-22(32-24)16-18-8-7-9-20(15-18)27(29)30/h7-13,15,17H,2-6,14,16H2,1H3,(H,25,26,28). The number of hydrogen-bond donors (Lipinski definition) is 1. The van der Waals surface area contributed by atoms with E-state index in [1.807, 2.05) is 6.07 Å². The van der Waals surface area contributed by atoms with E-state index in [-0.39, 0.29) is 11.6 Å². The molecule has 3 aromatic rings. The Morgan fingerprint density at radius 1 is 1.12 bits per heavy atom. The lowest BCUT2D eigenvalue weighted by Crippen LogP contribution is -2.11. The van der Waals surface area contributed by atoms with Crippen LogP contribution < -0.4 is 10.1 Å². The average molecular weight is 454 g/mol. The summed E-state index contributed by atoms with van der Waals surface area (Å²) in [5.41, 5.74) is 1.40. The molecule has 7 nitrogen and oxygen atoms in total. The maximum Gasteiger partial charge on any atom is 0.269 e. The Morgan fingerprint density at radius 3 is 2.66 bits per heavy atom. The van der Waals surface area contributed by atoms with E-state index in [1.165, 1.54) is 43.1 Å². The first kappa shape index (κ1) is 23.4. The van der Waals surface area contributed by atoms with Gasteiger partial charge < -0.3 is 4.74 Å². The third-order valence-corrected chi connectivity index (χ3v) is 5.82. The van der Waals surface area contributed by atoms with E-state index in [0.717, 1.165) is 22.6 Å². The van der Waals surface area contributed by atoms with E-state index in [0.29, 0.717) is 23.7 Å². The highest BCUT2D eigenvalue weighted by molar-refractivity contribution is 7.15. The van der Waals surface area contributed by atoms with Crippen LogP contribution in [0.15, 0.2) is 54.7 Å². The Morgan fingerprint density at radius 2 is 1.91 bits per heavy atom. The predicted octanol–water partition coefficient (Wildman–Crippen LogP) is 6.24. The zero-order valence-corrected chi connectivity index (χ0v) is 18.9. The number of benzene rings is 2. The minimum atomic E-state index is -0.411. The van der Waals surface area contributed by atoms with Crippen molar-refractivity contribution < 1.29 is 14.5 Å². The zero-order valence-electron chi connectivity index (χ0n) is 18.1. The Labute approximate surface area is 191 Å². The third-order valence-electron chi connectivity index (χ3n) is 4.91. The molecule has 2 aromatic carbocycles. The number of thiazole rings is 1. The van der Waals surface area contributed by atoms with E-state index in [1.54, 1.807) is 42.6 Å². The molecule has 0 radical (unpaired) electrons. The van der Waals surface area contributed by atoms with E-state index >= 15 is 0 Å². The molecule has 0 atom stereocenters. The number of carbonyl (C=O) groups is 1. The number of rotatable bonds is 12. The molecule has 0 saturated heterocycles. The number of unbranched alkanes of at least 4 members (excludes halogenated alkanes) is 4. The maximum atomic E-state index is 12.5. The van der Waals surface area contributed by atoms with Crippen LogP contribution in [0, 0.1) is 10.1 Å². The summed E-state index contributed by atoms with van der Waals surface area (Å²) in [6, 6.07) is 13.6. The van der Waals surface area contributed by atoms with Gasteiger partial charge in [-0.25, -0.2) is 4.98 Å². The number of carbonyl (C=O) groups excluding carboxylic acids is 1. The molecule has 1 aromatic heterocycles. The first-order chi connectivity index (χ1) is 15.5. The Kier molecular flexibility index (Phi) is 8.74. The molecular weight excluding hydrogens is 426 g/mol.